The maximum atomic E-state index is 13.7. The van der Waals surface area contributed by atoms with Crippen molar-refractivity contribution < 1.29 is 4.39 Å². The third-order valence-electron chi connectivity index (χ3n) is 4.35. The van der Waals surface area contributed by atoms with Gasteiger partial charge in [0.05, 0.1) is 11.7 Å². The predicted octanol–water partition coefficient (Wildman–Crippen LogP) is 3.00. The summed E-state index contributed by atoms with van der Waals surface area (Å²) in [5.41, 5.74) is 8.13. The summed E-state index contributed by atoms with van der Waals surface area (Å²) in [5, 5.41) is 0. The molecule has 0 spiro atoms. The summed E-state index contributed by atoms with van der Waals surface area (Å²) < 4.78 is 13.7. The van der Waals surface area contributed by atoms with Gasteiger partial charge >= 0.3 is 0 Å². The van der Waals surface area contributed by atoms with E-state index in [1.54, 1.807) is 30.7 Å². The second-order valence-electron chi connectivity index (χ2n) is 5.94. The molecule has 1 aliphatic heterocycles. The van der Waals surface area contributed by atoms with Gasteiger partial charge in [-0.05, 0) is 36.6 Å². The third kappa shape index (κ3) is 3.00. The first-order chi connectivity index (χ1) is 12.2. The zero-order valence-electron chi connectivity index (χ0n) is 13.5. The molecule has 3 heterocycles. The van der Waals surface area contributed by atoms with E-state index in [2.05, 4.69) is 24.8 Å². The van der Waals surface area contributed by atoms with Crippen LogP contribution in [0.3, 0.4) is 0 Å². The Morgan fingerprint density at radius 3 is 2.76 bits per heavy atom. The van der Waals surface area contributed by atoms with Gasteiger partial charge in [-0.1, -0.05) is 12.1 Å². The first-order valence-corrected chi connectivity index (χ1v) is 8.14. The molecule has 1 unspecified atom stereocenters. The summed E-state index contributed by atoms with van der Waals surface area (Å²) in [7, 11) is 0. The Morgan fingerprint density at radius 2 is 1.96 bits per heavy atom. The smallest absolute Gasteiger partial charge is 0.225 e. The van der Waals surface area contributed by atoms with Crippen LogP contribution in [0, 0.1) is 5.82 Å². The Labute approximate surface area is 144 Å². The van der Waals surface area contributed by atoms with Crippen LogP contribution in [0.5, 0.6) is 0 Å². The van der Waals surface area contributed by atoms with Crippen LogP contribution in [-0.4, -0.2) is 26.5 Å². The number of nitrogens with zero attached hydrogens (tertiary/aromatic N) is 5. The molecule has 0 aliphatic carbocycles. The molecule has 0 amide bonds. The molecule has 126 valence electrons. The van der Waals surface area contributed by atoms with Gasteiger partial charge in [0.25, 0.3) is 0 Å². The molecule has 1 saturated heterocycles. The van der Waals surface area contributed by atoms with E-state index in [9.17, 15) is 4.39 Å². The second-order valence-corrected chi connectivity index (χ2v) is 5.94. The van der Waals surface area contributed by atoms with Gasteiger partial charge in [0, 0.05) is 30.7 Å². The number of anilines is 2. The van der Waals surface area contributed by atoms with Crippen molar-refractivity contribution in [2.75, 3.05) is 17.2 Å². The first kappa shape index (κ1) is 15.4. The fourth-order valence-corrected chi connectivity index (χ4v) is 3.27. The summed E-state index contributed by atoms with van der Waals surface area (Å²) in [6.07, 6.45) is 7.00. The first-order valence-electron chi connectivity index (χ1n) is 8.14. The number of hydrogen-bond acceptors (Lipinski definition) is 6. The van der Waals surface area contributed by atoms with Gasteiger partial charge in [0.1, 0.15) is 5.82 Å². The molecule has 0 bridgehead atoms. The van der Waals surface area contributed by atoms with E-state index < -0.39 is 0 Å². The molecule has 2 aromatic heterocycles. The molecule has 1 atom stereocenters. The molecular formula is C18H17FN6. The van der Waals surface area contributed by atoms with E-state index in [0.29, 0.717) is 5.95 Å². The monoisotopic (exact) mass is 336 g/mol. The largest absolute Gasteiger partial charge is 0.368 e. The van der Waals surface area contributed by atoms with E-state index in [4.69, 9.17) is 5.73 Å². The van der Waals surface area contributed by atoms with E-state index in [-0.39, 0.29) is 17.8 Å². The summed E-state index contributed by atoms with van der Waals surface area (Å²) >= 11 is 0. The highest BCUT2D eigenvalue weighted by Crippen LogP contribution is 2.38. The van der Waals surface area contributed by atoms with Crippen LogP contribution in [0.25, 0.3) is 11.1 Å². The Hall–Kier alpha value is -3.09. The minimum atomic E-state index is -0.296. The van der Waals surface area contributed by atoms with Crippen molar-refractivity contribution in [2.45, 2.75) is 18.9 Å². The van der Waals surface area contributed by atoms with Crippen molar-refractivity contribution in [3.8, 4) is 11.1 Å². The maximum Gasteiger partial charge on any atom is 0.225 e. The second kappa shape index (κ2) is 6.43. The van der Waals surface area contributed by atoms with Crippen LogP contribution in [-0.2, 0) is 0 Å². The Balaban J connectivity index is 1.80. The lowest BCUT2D eigenvalue weighted by Crippen LogP contribution is -2.26. The maximum absolute atomic E-state index is 13.7. The number of nitrogen functional groups attached to an aromatic ring is 1. The van der Waals surface area contributed by atoms with E-state index in [1.807, 2.05) is 6.07 Å². The lowest BCUT2D eigenvalue weighted by molar-refractivity contribution is 0.628. The highest BCUT2D eigenvalue weighted by atomic mass is 19.1. The van der Waals surface area contributed by atoms with Crippen molar-refractivity contribution in [2.24, 2.45) is 0 Å². The number of rotatable bonds is 3. The van der Waals surface area contributed by atoms with Gasteiger partial charge in [-0.3, -0.25) is 0 Å². The molecule has 25 heavy (non-hydrogen) atoms. The van der Waals surface area contributed by atoms with Crippen LogP contribution >= 0.6 is 0 Å². The van der Waals surface area contributed by atoms with Crippen molar-refractivity contribution in [3.63, 3.8) is 0 Å². The molecule has 2 N–H and O–H groups in total. The van der Waals surface area contributed by atoms with Crippen molar-refractivity contribution in [3.05, 3.63) is 60.4 Å². The lowest BCUT2D eigenvalue weighted by Gasteiger charge is -2.25. The Morgan fingerprint density at radius 1 is 1.12 bits per heavy atom. The van der Waals surface area contributed by atoms with Crippen LogP contribution in [0.1, 0.15) is 24.6 Å². The van der Waals surface area contributed by atoms with Gasteiger partial charge in [0.15, 0.2) is 0 Å². The van der Waals surface area contributed by atoms with Crippen LogP contribution < -0.4 is 10.6 Å². The SMILES string of the molecule is Nc1ncc(-c2cccc(F)c2)c(C2CCCN2c2ncccn2)n1. The summed E-state index contributed by atoms with van der Waals surface area (Å²) in [6, 6.07) is 8.19. The number of nitrogens with two attached hydrogens (primary N) is 1. The highest BCUT2D eigenvalue weighted by Gasteiger charge is 2.31. The molecule has 7 heteroatoms. The molecular weight excluding hydrogens is 319 g/mol. The Kier molecular flexibility index (Phi) is 3.97. The number of halogens is 1. The van der Waals surface area contributed by atoms with Crippen LogP contribution in [0.4, 0.5) is 16.3 Å². The summed E-state index contributed by atoms with van der Waals surface area (Å²) in [5.74, 6) is 0.568. The van der Waals surface area contributed by atoms with Gasteiger partial charge < -0.3 is 10.6 Å². The van der Waals surface area contributed by atoms with Crippen molar-refractivity contribution in [1.29, 1.82) is 0 Å². The zero-order chi connectivity index (χ0) is 17.2. The Bertz CT molecular complexity index is 886. The molecule has 1 aromatic carbocycles. The minimum absolute atomic E-state index is 0.0223. The molecule has 3 aromatic rings. The molecule has 4 rings (SSSR count). The van der Waals surface area contributed by atoms with Gasteiger partial charge in [0.2, 0.25) is 11.9 Å². The van der Waals surface area contributed by atoms with Crippen LogP contribution in [0.15, 0.2) is 48.9 Å². The van der Waals surface area contributed by atoms with Crippen molar-refractivity contribution in [1.82, 2.24) is 19.9 Å². The summed E-state index contributed by atoms with van der Waals surface area (Å²) in [4.78, 5) is 19.4. The number of benzene rings is 1. The predicted molar refractivity (Wildman–Crippen MR) is 93.2 cm³/mol. The lowest BCUT2D eigenvalue weighted by atomic mass is 10.00. The van der Waals surface area contributed by atoms with E-state index >= 15 is 0 Å². The van der Waals surface area contributed by atoms with Gasteiger partial charge in [-0.15, -0.1) is 0 Å². The van der Waals surface area contributed by atoms with Gasteiger partial charge in [-0.2, -0.15) is 0 Å². The topological polar surface area (TPSA) is 80.8 Å². The minimum Gasteiger partial charge on any atom is -0.368 e. The summed E-state index contributed by atoms with van der Waals surface area (Å²) in [6.45, 7) is 0.835. The average Bonchev–Trinajstić information content (AvgIpc) is 3.12. The molecule has 1 aliphatic rings. The number of hydrogen-bond donors (Lipinski definition) is 1. The highest BCUT2D eigenvalue weighted by molar-refractivity contribution is 5.67. The van der Waals surface area contributed by atoms with E-state index in [0.717, 1.165) is 36.2 Å². The molecule has 0 radical (unpaired) electrons. The standard InChI is InChI=1S/C18H17FN6/c19-13-5-1-4-12(10-13)14-11-23-17(20)24-16(14)15-6-2-9-25(15)18-21-7-3-8-22-18/h1,3-5,7-8,10-11,15H,2,6,9H2,(H2,20,23,24). The van der Waals surface area contributed by atoms with Gasteiger partial charge in [-0.25, -0.2) is 24.3 Å². The molecule has 0 saturated carbocycles. The van der Waals surface area contributed by atoms with Crippen molar-refractivity contribution >= 4 is 11.9 Å². The normalized spacial score (nSPS) is 17.0. The quantitative estimate of drug-likeness (QED) is 0.792. The molecule has 1 fully saturated rings. The molecule has 6 nitrogen and oxygen atoms in total. The zero-order valence-corrected chi connectivity index (χ0v) is 13.5. The third-order valence-corrected chi connectivity index (χ3v) is 4.35. The average molecular weight is 336 g/mol. The van der Waals surface area contributed by atoms with Crippen LogP contribution in [0.2, 0.25) is 0 Å². The van der Waals surface area contributed by atoms with E-state index in [1.165, 1.54) is 12.1 Å². The fourth-order valence-electron chi connectivity index (χ4n) is 3.27. The fraction of sp³-hybridized carbons (Fsp3) is 0.222. The number of aromatic nitrogens is 4.